The quantitative estimate of drug-likeness (QED) is 0.808. The van der Waals surface area contributed by atoms with Crippen LogP contribution in [0.4, 0.5) is 0 Å². The molecule has 0 aromatic carbocycles. The second kappa shape index (κ2) is 7.81. The fraction of sp³-hybridized carbons (Fsp3) is 0.882. The fourth-order valence-electron chi connectivity index (χ4n) is 3.87. The number of aliphatic carboxylic acids is 1. The van der Waals surface area contributed by atoms with E-state index in [4.69, 9.17) is 0 Å². The summed E-state index contributed by atoms with van der Waals surface area (Å²) in [6.45, 7) is 2.73. The number of nitrogens with zero attached hydrogens (tertiary/aromatic N) is 1. The molecule has 1 saturated heterocycles. The highest BCUT2D eigenvalue weighted by Crippen LogP contribution is 2.29. The van der Waals surface area contributed by atoms with E-state index in [1.807, 2.05) is 0 Å². The zero-order chi connectivity index (χ0) is 15.2. The lowest BCUT2D eigenvalue weighted by atomic mass is 9.88. The first-order valence-electron chi connectivity index (χ1n) is 8.64. The maximum atomic E-state index is 12.6. The number of piperidine rings is 1. The normalized spacial score (nSPS) is 28.1. The smallest absolute Gasteiger partial charge is 0.326 e. The van der Waals surface area contributed by atoms with Gasteiger partial charge in [0.15, 0.2) is 0 Å². The van der Waals surface area contributed by atoms with E-state index in [1.54, 1.807) is 4.90 Å². The predicted molar refractivity (Wildman–Crippen MR) is 82.0 cm³/mol. The van der Waals surface area contributed by atoms with Crippen molar-refractivity contribution in [3.8, 4) is 0 Å². The molecule has 0 bridgehead atoms. The summed E-state index contributed by atoms with van der Waals surface area (Å²) in [5.41, 5.74) is 0. The second-order valence-corrected chi connectivity index (χ2v) is 6.80. The SMILES string of the molecule is CCC1CCN(C(=O)CC2CCCCCC2)C(C(=O)O)C1. The van der Waals surface area contributed by atoms with Gasteiger partial charge in [-0.3, -0.25) is 4.79 Å². The van der Waals surface area contributed by atoms with Crippen LogP contribution in [0.5, 0.6) is 0 Å². The first kappa shape index (κ1) is 16.3. The summed E-state index contributed by atoms with van der Waals surface area (Å²) in [5.74, 6) is 0.164. The average molecular weight is 295 g/mol. The van der Waals surface area contributed by atoms with Crippen molar-refractivity contribution in [2.24, 2.45) is 11.8 Å². The van der Waals surface area contributed by atoms with Gasteiger partial charge in [-0.15, -0.1) is 0 Å². The van der Waals surface area contributed by atoms with Gasteiger partial charge in [-0.1, -0.05) is 39.0 Å². The highest BCUT2D eigenvalue weighted by atomic mass is 16.4. The molecule has 1 aliphatic carbocycles. The van der Waals surface area contributed by atoms with E-state index < -0.39 is 12.0 Å². The van der Waals surface area contributed by atoms with Gasteiger partial charge in [0.2, 0.25) is 5.91 Å². The van der Waals surface area contributed by atoms with Gasteiger partial charge in [-0.2, -0.15) is 0 Å². The molecule has 0 spiro atoms. The van der Waals surface area contributed by atoms with Crippen LogP contribution in [0.3, 0.4) is 0 Å². The van der Waals surface area contributed by atoms with Crippen molar-refractivity contribution >= 4 is 11.9 Å². The summed E-state index contributed by atoms with van der Waals surface area (Å²) >= 11 is 0. The Morgan fingerprint density at radius 1 is 1.05 bits per heavy atom. The molecule has 2 unspecified atom stereocenters. The van der Waals surface area contributed by atoms with E-state index in [1.165, 1.54) is 25.7 Å². The Labute approximate surface area is 127 Å². The molecule has 1 aliphatic heterocycles. The number of hydrogen-bond donors (Lipinski definition) is 1. The molecule has 2 fully saturated rings. The summed E-state index contributed by atoms with van der Waals surface area (Å²) < 4.78 is 0. The van der Waals surface area contributed by atoms with E-state index >= 15 is 0 Å². The number of likely N-dealkylation sites (tertiary alicyclic amines) is 1. The maximum absolute atomic E-state index is 12.6. The molecular formula is C17H29NO3. The Bertz CT molecular complexity index is 361. The monoisotopic (exact) mass is 295 g/mol. The molecule has 2 aliphatic rings. The topological polar surface area (TPSA) is 57.6 Å². The Kier molecular flexibility index (Phi) is 6.07. The van der Waals surface area contributed by atoms with E-state index in [0.29, 0.717) is 31.2 Å². The van der Waals surface area contributed by atoms with E-state index in [2.05, 4.69) is 6.92 Å². The van der Waals surface area contributed by atoms with Crippen LogP contribution in [-0.4, -0.2) is 34.5 Å². The Morgan fingerprint density at radius 3 is 2.29 bits per heavy atom. The maximum Gasteiger partial charge on any atom is 0.326 e. The van der Waals surface area contributed by atoms with Gasteiger partial charge in [-0.25, -0.2) is 4.79 Å². The van der Waals surface area contributed by atoms with E-state index in [9.17, 15) is 14.7 Å². The highest BCUT2D eigenvalue weighted by molar-refractivity contribution is 5.84. The molecule has 1 saturated carbocycles. The van der Waals surface area contributed by atoms with Gasteiger partial charge in [0.25, 0.3) is 0 Å². The Morgan fingerprint density at radius 2 is 1.71 bits per heavy atom. The third kappa shape index (κ3) is 4.45. The lowest BCUT2D eigenvalue weighted by molar-refractivity contribution is -0.153. The molecule has 21 heavy (non-hydrogen) atoms. The van der Waals surface area contributed by atoms with Gasteiger partial charge in [-0.05, 0) is 37.5 Å². The van der Waals surface area contributed by atoms with Gasteiger partial charge in [0, 0.05) is 13.0 Å². The minimum atomic E-state index is -0.831. The molecule has 1 amide bonds. The zero-order valence-corrected chi connectivity index (χ0v) is 13.2. The van der Waals surface area contributed by atoms with Crippen LogP contribution < -0.4 is 0 Å². The van der Waals surface area contributed by atoms with Gasteiger partial charge < -0.3 is 10.0 Å². The lowest BCUT2D eigenvalue weighted by Crippen LogP contribution is -2.50. The third-order valence-electron chi connectivity index (χ3n) is 5.33. The van der Waals surface area contributed by atoms with Crippen LogP contribution in [0.2, 0.25) is 0 Å². The number of hydrogen-bond acceptors (Lipinski definition) is 2. The van der Waals surface area contributed by atoms with Crippen molar-refractivity contribution < 1.29 is 14.7 Å². The minimum Gasteiger partial charge on any atom is -0.480 e. The summed E-state index contributed by atoms with van der Waals surface area (Å²) in [5, 5.41) is 9.43. The van der Waals surface area contributed by atoms with Crippen LogP contribution in [-0.2, 0) is 9.59 Å². The fourth-order valence-corrected chi connectivity index (χ4v) is 3.87. The molecule has 2 rings (SSSR count). The largest absolute Gasteiger partial charge is 0.480 e. The summed E-state index contributed by atoms with van der Waals surface area (Å²) in [6.07, 6.45) is 10.4. The Balaban J connectivity index is 1.94. The average Bonchev–Trinajstić information content (AvgIpc) is 2.75. The van der Waals surface area contributed by atoms with Crippen molar-refractivity contribution in [2.75, 3.05) is 6.54 Å². The second-order valence-electron chi connectivity index (χ2n) is 6.80. The summed E-state index contributed by atoms with van der Waals surface area (Å²) in [6, 6.07) is -0.595. The molecule has 0 aromatic heterocycles. The molecule has 1 heterocycles. The number of carboxylic acids is 1. The van der Waals surface area contributed by atoms with Crippen LogP contribution in [0.15, 0.2) is 0 Å². The molecule has 0 aromatic rings. The van der Waals surface area contributed by atoms with Crippen molar-refractivity contribution in [1.82, 2.24) is 4.90 Å². The third-order valence-corrected chi connectivity index (χ3v) is 5.33. The van der Waals surface area contributed by atoms with Crippen LogP contribution in [0, 0.1) is 11.8 Å². The van der Waals surface area contributed by atoms with Crippen LogP contribution in [0.1, 0.15) is 71.1 Å². The number of carbonyl (C=O) groups is 2. The Hall–Kier alpha value is -1.06. The highest BCUT2D eigenvalue weighted by Gasteiger charge is 2.36. The van der Waals surface area contributed by atoms with E-state index in [-0.39, 0.29) is 5.91 Å². The molecule has 4 heteroatoms. The first-order valence-corrected chi connectivity index (χ1v) is 8.64. The van der Waals surface area contributed by atoms with Crippen molar-refractivity contribution in [3.05, 3.63) is 0 Å². The zero-order valence-electron chi connectivity index (χ0n) is 13.2. The van der Waals surface area contributed by atoms with Crippen molar-refractivity contribution in [3.63, 3.8) is 0 Å². The van der Waals surface area contributed by atoms with Gasteiger partial charge in [0.1, 0.15) is 6.04 Å². The number of carboxylic acid groups (broad SMARTS) is 1. The summed E-state index contributed by atoms with van der Waals surface area (Å²) in [7, 11) is 0. The molecule has 0 radical (unpaired) electrons. The number of carbonyl (C=O) groups excluding carboxylic acids is 1. The predicted octanol–water partition coefficient (Wildman–Crippen LogP) is 3.45. The van der Waals surface area contributed by atoms with Gasteiger partial charge >= 0.3 is 5.97 Å². The molecular weight excluding hydrogens is 266 g/mol. The molecule has 2 atom stereocenters. The molecule has 1 N–H and O–H groups in total. The number of amides is 1. The standard InChI is InChI=1S/C17H29NO3/c1-2-13-9-10-18(15(11-13)17(20)21)16(19)12-14-7-5-3-4-6-8-14/h13-15H,2-12H2,1H3,(H,20,21). The molecule has 4 nitrogen and oxygen atoms in total. The van der Waals surface area contributed by atoms with Crippen molar-refractivity contribution in [1.29, 1.82) is 0 Å². The van der Waals surface area contributed by atoms with Crippen molar-refractivity contribution in [2.45, 2.75) is 77.2 Å². The number of rotatable bonds is 4. The molecule has 120 valence electrons. The van der Waals surface area contributed by atoms with Crippen LogP contribution in [0.25, 0.3) is 0 Å². The van der Waals surface area contributed by atoms with Crippen LogP contribution >= 0.6 is 0 Å². The lowest BCUT2D eigenvalue weighted by Gasteiger charge is -2.37. The van der Waals surface area contributed by atoms with E-state index in [0.717, 1.165) is 25.7 Å². The van der Waals surface area contributed by atoms with Gasteiger partial charge in [0.05, 0.1) is 0 Å². The minimum absolute atomic E-state index is 0.0730. The summed E-state index contributed by atoms with van der Waals surface area (Å²) in [4.78, 5) is 25.7. The first-order chi connectivity index (χ1) is 10.1.